The Morgan fingerprint density at radius 3 is 2.74 bits per heavy atom. The second-order valence-corrected chi connectivity index (χ2v) is 6.50. The Labute approximate surface area is 150 Å². The zero-order valence-electron chi connectivity index (χ0n) is 12.9. The van der Waals surface area contributed by atoms with Gasteiger partial charge in [0.15, 0.2) is 0 Å². The summed E-state index contributed by atoms with van der Waals surface area (Å²) in [5.74, 6) is -0.000535. The van der Waals surface area contributed by atoms with E-state index in [0.717, 1.165) is 41.7 Å². The predicted molar refractivity (Wildman–Crippen MR) is 97.1 cm³/mol. The summed E-state index contributed by atoms with van der Waals surface area (Å²) in [5, 5.41) is 10.7. The number of hydrogen-bond donors (Lipinski definition) is 2. The van der Waals surface area contributed by atoms with E-state index in [-0.39, 0.29) is 18.3 Å². The quantitative estimate of drug-likeness (QED) is 0.834. The lowest BCUT2D eigenvalue weighted by molar-refractivity contribution is -0.126. The molecule has 1 aliphatic heterocycles. The van der Waals surface area contributed by atoms with Crippen LogP contribution in [0.25, 0.3) is 0 Å². The fraction of sp³-hybridized carbons (Fsp3) is 0.375. The molecule has 7 heteroatoms. The van der Waals surface area contributed by atoms with Gasteiger partial charge in [-0.05, 0) is 62.7 Å². The molecule has 0 radical (unpaired) electrons. The minimum absolute atomic E-state index is 0. The highest BCUT2D eigenvalue weighted by molar-refractivity contribution is 9.10. The van der Waals surface area contributed by atoms with Crippen LogP contribution in [0.2, 0.25) is 0 Å². The molecule has 2 heterocycles. The number of nitrogens with zero attached hydrogens (tertiary/aromatic N) is 2. The van der Waals surface area contributed by atoms with Gasteiger partial charge in [0.2, 0.25) is 0 Å². The molecule has 0 spiro atoms. The second-order valence-electron chi connectivity index (χ2n) is 5.65. The molecule has 1 saturated heterocycles. The molecule has 0 unspecified atom stereocenters. The third-order valence-electron chi connectivity index (χ3n) is 4.21. The average molecular weight is 400 g/mol. The number of hydrogen-bond acceptors (Lipinski definition) is 3. The standard InChI is InChI=1S/C16H19BrN4O.ClH/c1-12-11-13(3-4-14(12)17)20-15(22)16(5-8-18-9-6-16)21-10-2-7-19-21;/h2-4,7,10-11,18H,5-6,8-9H2,1H3,(H,20,22);1H. The Kier molecular flexibility index (Phi) is 5.84. The van der Waals surface area contributed by atoms with Crippen LogP contribution in [0.15, 0.2) is 41.1 Å². The topological polar surface area (TPSA) is 59.0 Å². The molecule has 0 atom stereocenters. The third kappa shape index (κ3) is 3.59. The summed E-state index contributed by atoms with van der Waals surface area (Å²) in [7, 11) is 0. The molecular weight excluding hydrogens is 380 g/mol. The first-order valence-electron chi connectivity index (χ1n) is 7.40. The Balaban J connectivity index is 0.00000192. The number of benzene rings is 1. The fourth-order valence-electron chi connectivity index (χ4n) is 2.89. The number of aromatic nitrogens is 2. The van der Waals surface area contributed by atoms with E-state index in [1.54, 1.807) is 10.9 Å². The molecule has 2 N–H and O–H groups in total. The number of carbonyl (C=O) groups is 1. The van der Waals surface area contributed by atoms with Gasteiger partial charge in [-0.2, -0.15) is 5.10 Å². The van der Waals surface area contributed by atoms with Crippen molar-refractivity contribution >= 4 is 39.9 Å². The van der Waals surface area contributed by atoms with Gasteiger partial charge in [0.05, 0.1) is 0 Å². The van der Waals surface area contributed by atoms with Gasteiger partial charge in [-0.15, -0.1) is 12.4 Å². The molecular formula is C16H20BrClN4O. The average Bonchev–Trinajstić information content (AvgIpc) is 3.06. The largest absolute Gasteiger partial charge is 0.324 e. The van der Waals surface area contributed by atoms with Crippen LogP contribution in [0.5, 0.6) is 0 Å². The molecule has 1 fully saturated rings. The number of amides is 1. The highest BCUT2D eigenvalue weighted by atomic mass is 79.9. The molecule has 5 nitrogen and oxygen atoms in total. The zero-order valence-corrected chi connectivity index (χ0v) is 15.3. The van der Waals surface area contributed by atoms with Crippen LogP contribution in [-0.4, -0.2) is 28.8 Å². The van der Waals surface area contributed by atoms with Crippen molar-refractivity contribution in [2.24, 2.45) is 0 Å². The number of aryl methyl sites for hydroxylation is 1. The van der Waals surface area contributed by atoms with Crippen LogP contribution in [0.4, 0.5) is 5.69 Å². The van der Waals surface area contributed by atoms with Crippen LogP contribution < -0.4 is 10.6 Å². The number of rotatable bonds is 3. The number of piperidine rings is 1. The summed E-state index contributed by atoms with van der Waals surface area (Å²) in [4.78, 5) is 13.0. The maximum Gasteiger partial charge on any atom is 0.252 e. The Morgan fingerprint density at radius 2 is 2.13 bits per heavy atom. The van der Waals surface area contributed by atoms with E-state index in [0.29, 0.717) is 0 Å². The van der Waals surface area contributed by atoms with Crippen LogP contribution in [0, 0.1) is 6.92 Å². The molecule has 124 valence electrons. The van der Waals surface area contributed by atoms with E-state index >= 15 is 0 Å². The molecule has 2 aromatic rings. The molecule has 0 aliphatic carbocycles. The third-order valence-corrected chi connectivity index (χ3v) is 5.10. The van der Waals surface area contributed by atoms with Crippen molar-refractivity contribution in [1.82, 2.24) is 15.1 Å². The molecule has 23 heavy (non-hydrogen) atoms. The van der Waals surface area contributed by atoms with Gasteiger partial charge < -0.3 is 10.6 Å². The highest BCUT2D eigenvalue weighted by Crippen LogP contribution is 2.29. The van der Waals surface area contributed by atoms with Gasteiger partial charge in [-0.25, -0.2) is 0 Å². The Hall–Kier alpha value is -1.37. The van der Waals surface area contributed by atoms with E-state index in [2.05, 4.69) is 31.7 Å². The van der Waals surface area contributed by atoms with Crippen LogP contribution in [0.3, 0.4) is 0 Å². The molecule has 0 saturated carbocycles. The maximum atomic E-state index is 13.0. The van der Waals surface area contributed by atoms with Crippen molar-refractivity contribution in [1.29, 1.82) is 0 Å². The van der Waals surface area contributed by atoms with Gasteiger partial charge in [-0.1, -0.05) is 15.9 Å². The number of halogens is 2. The van der Waals surface area contributed by atoms with Crippen LogP contribution in [-0.2, 0) is 10.3 Å². The summed E-state index contributed by atoms with van der Waals surface area (Å²) in [6.07, 6.45) is 5.06. The minimum Gasteiger partial charge on any atom is -0.324 e. The summed E-state index contributed by atoms with van der Waals surface area (Å²) in [6.45, 7) is 3.63. The summed E-state index contributed by atoms with van der Waals surface area (Å²) in [6, 6.07) is 7.70. The maximum absolute atomic E-state index is 13.0. The van der Waals surface area contributed by atoms with E-state index in [4.69, 9.17) is 0 Å². The Morgan fingerprint density at radius 1 is 1.39 bits per heavy atom. The van der Waals surface area contributed by atoms with E-state index in [9.17, 15) is 4.79 Å². The first kappa shape index (κ1) is 18.0. The second kappa shape index (κ2) is 7.47. The van der Waals surface area contributed by atoms with Crippen molar-refractivity contribution < 1.29 is 4.79 Å². The monoisotopic (exact) mass is 398 g/mol. The number of carbonyl (C=O) groups excluding carboxylic acids is 1. The minimum atomic E-state index is -0.615. The van der Waals surface area contributed by atoms with Crippen molar-refractivity contribution in [2.45, 2.75) is 25.3 Å². The van der Waals surface area contributed by atoms with Gasteiger partial charge in [0.1, 0.15) is 5.54 Å². The SMILES string of the molecule is Cc1cc(NC(=O)C2(n3cccn3)CCNCC2)ccc1Br.Cl. The summed E-state index contributed by atoms with van der Waals surface area (Å²) in [5.41, 5.74) is 1.29. The molecule has 1 aliphatic rings. The highest BCUT2D eigenvalue weighted by Gasteiger charge is 2.42. The van der Waals surface area contributed by atoms with Crippen LogP contribution >= 0.6 is 28.3 Å². The van der Waals surface area contributed by atoms with Crippen molar-refractivity contribution in [2.75, 3.05) is 18.4 Å². The Bertz CT molecular complexity index is 669. The van der Waals surface area contributed by atoms with Crippen molar-refractivity contribution in [3.05, 3.63) is 46.7 Å². The lowest BCUT2D eigenvalue weighted by Crippen LogP contribution is -2.52. The summed E-state index contributed by atoms with van der Waals surface area (Å²) < 4.78 is 2.84. The first-order valence-corrected chi connectivity index (χ1v) is 8.20. The van der Waals surface area contributed by atoms with E-state index in [1.807, 2.05) is 37.4 Å². The molecule has 1 aromatic heterocycles. The van der Waals surface area contributed by atoms with Crippen molar-refractivity contribution in [3.8, 4) is 0 Å². The van der Waals surface area contributed by atoms with Crippen molar-refractivity contribution in [3.63, 3.8) is 0 Å². The van der Waals surface area contributed by atoms with Gasteiger partial charge in [-0.3, -0.25) is 9.48 Å². The van der Waals surface area contributed by atoms with E-state index in [1.165, 1.54) is 0 Å². The smallest absolute Gasteiger partial charge is 0.252 e. The summed E-state index contributed by atoms with van der Waals surface area (Å²) >= 11 is 3.48. The predicted octanol–water partition coefficient (Wildman–Crippen LogP) is 3.09. The lowest BCUT2D eigenvalue weighted by atomic mass is 9.87. The van der Waals surface area contributed by atoms with Crippen LogP contribution in [0.1, 0.15) is 18.4 Å². The normalized spacial score (nSPS) is 16.4. The number of nitrogens with one attached hydrogen (secondary N) is 2. The van der Waals surface area contributed by atoms with Gasteiger partial charge in [0, 0.05) is 22.6 Å². The molecule has 0 bridgehead atoms. The number of anilines is 1. The molecule has 3 rings (SSSR count). The lowest BCUT2D eigenvalue weighted by Gasteiger charge is -2.36. The molecule has 1 amide bonds. The molecule has 1 aromatic carbocycles. The van der Waals surface area contributed by atoms with Gasteiger partial charge >= 0.3 is 0 Å². The van der Waals surface area contributed by atoms with E-state index < -0.39 is 5.54 Å². The fourth-order valence-corrected chi connectivity index (χ4v) is 3.14. The van der Waals surface area contributed by atoms with Gasteiger partial charge in [0.25, 0.3) is 5.91 Å². The zero-order chi connectivity index (χ0) is 15.6. The first-order chi connectivity index (χ1) is 10.6.